The Hall–Kier alpha value is -2.20. The molecule has 0 saturated carbocycles. The van der Waals surface area contributed by atoms with E-state index in [9.17, 15) is 4.79 Å². The van der Waals surface area contributed by atoms with Gasteiger partial charge in [-0.25, -0.2) is 0 Å². The lowest BCUT2D eigenvalue weighted by molar-refractivity contribution is 0.102. The van der Waals surface area contributed by atoms with E-state index in [-0.39, 0.29) is 5.91 Å². The fourth-order valence-electron chi connectivity index (χ4n) is 2.92. The number of rotatable bonds is 4. The number of piperidine rings is 1. The van der Waals surface area contributed by atoms with Crippen LogP contribution in [0.1, 0.15) is 29.6 Å². The second-order valence-corrected chi connectivity index (χ2v) is 6.31. The summed E-state index contributed by atoms with van der Waals surface area (Å²) in [4.78, 5) is 14.7. The minimum absolute atomic E-state index is 0.151. The SMILES string of the molecule is COc1ccc(NC(=O)c2ccc(N3CCCCC3)cc2)cc1Cl. The predicted molar refractivity (Wildman–Crippen MR) is 98.5 cm³/mol. The van der Waals surface area contributed by atoms with Crippen molar-refractivity contribution in [2.45, 2.75) is 19.3 Å². The van der Waals surface area contributed by atoms with Gasteiger partial charge < -0.3 is 15.0 Å². The number of anilines is 2. The van der Waals surface area contributed by atoms with Crippen LogP contribution in [-0.2, 0) is 0 Å². The molecule has 2 aromatic carbocycles. The molecule has 1 heterocycles. The largest absolute Gasteiger partial charge is 0.495 e. The quantitative estimate of drug-likeness (QED) is 0.881. The lowest BCUT2D eigenvalue weighted by atomic mass is 10.1. The summed E-state index contributed by atoms with van der Waals surface area (Å²) >= 11 is 6.08. The monoisotopic (exact) mass is 344 g/mol. The van der Waals surface area contributed by atoms with Gasteiger partial charge in [0.2, 0.25) is 0 Å². The van der Waals surface area contributed by atoms with E-state index in [4.69, 9.17) is 16.3 Å². The molecule has 1 aliphatic rings. The zero-order valence-electron chi connectivity index (χ0n) is 13.7. The third kappa shape index (κ3) is 3.82. The first-order valence-electron chi connectivity index (χ1n) is 8.17. The Bertz CT molecular complexity index is 710. The predicted octanol–water partition coefficient (Wildman–Crippen LogP) is 4.59. The first kappa shape index (κ1) is 16.7. The Labute approximate surface area is 147 Å². The smallest absolute Gasteiger partial charge is 0.255 e. The van der Waals surface area contributed by atoms with Gasteiger partial charge in [0.15, 0.2) is 0 Å². The third-order valence-corrected chi connectivity index (χ3v) is 4.56. The Morgan fingerprint density at radius 2 is 1.79 bits per heavy atom. The van der Waals surface area contributed by atoms with Gasteiger partial charge in [0.1, 0.15) is 5.75 Å². The lowest BCUT2D eigenvalue weighted by Crippen LogP contribution is -2.29. The molecule has 0 aliphatic carbocycles. The summed E-state index contributed by atoms with van der Waals surface area (Å²) < 4.78 is 5.11. The molecule has 0 radical (unpaired) electrons. The summed E-state index contributed by atoms with van der Waals surface area (Å²) in [5.74, 6) is 0.432. The van der Waals surface area contributed by atoms with Crippen molar-refractivity contribution in [1.29, 1.82) is 0 Å². The highest BCUT2D eigenvalue weighted by molar-refractivity contribution is 6.32. The highest BCUT2D eigenvalue weighted by atomic mass is 35.5. The number of amides is 1. The van der Waals surface area contributed by atoms with Crippen molar-refractivity contribution in [3.63, 3.8) is 0 Å². The minimum atomic E-state index is -0.151. The van der Waals surface area contributed by atoms with Crippen molar-refractivity contribution in [2.24, 2.45) is 0 Å². The molecule has 0 unspecified atom stereocenters. The summed E-state index contributed by atoms with van der Waals surface area (Å²) in [5, 5.41) is 3.33. The van der Waals surface area contributed by atoms with Gasteiger partial charge in [-0.2, -0.15) is 0 Å². The van der Waals surface area contributed by atoms with Crippen LogP contribution in [-0.4, -0.2) is 26.1 Å². The Balaban J connectivity index is 1.67. The molecule has 0 spiro atoms. The molecule has 2 aromatic rings. The van der Waals surface area contributed by atoms with E-state index in [2.05, 4.69) is 10.2 Å². The molecule has 126 valence electrons. The molecule has 1 N–H and O–H groups in total. The van der Waals surface area contributed by atoms with Crippen LogP contribution in [0.25, 0.3) is 0 Å². The lowest BCUT2D eigenvalue weighted by Gasteiger charge is -2.28. The molecule has 1 saturated heterocycles. The van der Waals surface area contributed by atoms with E-state index in [0.29, 0.717) is 22.0 Å². The summed E-state index contributed by atoms with van der Waals surface area (Å²) in [6, 6.07) is 12.9. The molecule has 0 bridgehead atoms. The number of ether oxygens (including phenoxy) is 1. The number of halogens is 1. The zero-order chi connectivity index (χ0) is 16.9. The molecule has 0 atom stereocenters. The van der Waals surface area contributed by atoms with Gasteiger partial charge in [0.25, 0.3) is 5.91 Å². The molecule has 4 nitrogen and oxygen atoms in total. The number of carbonyl (C=O) groups excluding carboxylic acids is 1. The van der Waals surface area contributed by atoms with Crippen molar-refractivity contribution in [3.8, 4) is 5.75 Å². The topological polar surface area (TPSA) is 41.6 Å². The summed E-state index contributed by atoms with van der Waals surface area (Å²) in [6.45, 7) is 2.19. The van der Waals surface area contributed by atoms with Gasteiger partial charge >= 0.3 is 0 Å². The van der Waals surface area contributed by atoms with Gasteiger partial charge in [0, 0.05) is 30.0 Å². The van der Waals surface area contributed by atoms with Crippen molar-refractivity contribution in [3.05, 3.63) is 53.1 Å². The van der Waals surface area contributed by atoms with Crippen LogP contribution in [0.3, 0.4) is 0 Å². The molecule has 24 heavy (non-hydrogen) atoms. The first-order valence-corrected chi connectivity index (χ1v) is 8.55. The number of carbonyl (C=O) groups is 1. The van der Waals surface area contributed by atoms with Crippen molar-refractivity contribution in [2.75, 3.05) is 30.4 Å². The standard InChI is InChI=1S/C19H21ClN2O2/c1-24-18-10-7-15(13-17(18)20)21-19(23)14-5-8-16(9-6-14)22-11-3-2-4-12-22/h5-10,13H,2-4,11-12H2,1H3,(H,21,23). The molecule has 0 aromatic heterocycles. The number of benzene rings is 2. The summed E-state index contributed by atoms with van der Waals surface area (Å²) in [7, 11) is 1.56. The van der Waals surface area contributed by atoms with Crippen LogP contribution in [0.2, 0.25) is 5.02 Å². The fourth-order valence-corrected chi connectivity index (χ4v) is 3.18. The maximum absolute atomic E-state index is 12.4. The molecule has 1 aliphatic heterocycles. The second-order valence-electron chi connectivity index (χ2n) is 5.90. The molecule has 5 heteroatoms. The zero-order valence-corrected chi connectivity index (χ0v) is 14.5. The Morgan fingerprint density at radius 3 is 2.42 bits per heavy atom. The maximum Gasteiger partial charge on any atom is 0.255 e. The molecule has 1 amide bonds. The van der Waals surface area contributed by atoms with Crippen LogP contribution in [0.4, 0.5) is 11.4 Å². The molecular weight excluding hydrogens is 324 g/mol. The Kier molecular flexibility index (Phi) is 5.26. The van der Waals surface area contributed by atoms with E-state index in [1.165, 1.54) is 24.9 Å². The summed E-state index contributed by atoms with van der Waals surface area (Å²) in [6.07, 6.45) is 3.78. The van der Waals surface area contributed by atoms with Crippen molar-refractivity contribution < 1.29 is 9.53 Å². The normalized spacial score (nSPS) is 14.3. The van der Waals surface area contributed by atoms with Gasteiger partial charge in [-0.05, 0) is 61.7 Å². The van der Waals surface area contributed by atoms with E-state index in [1.807, 2.05) is 24.3 Å². The van der Waals surface area contributed by atoms with E-state index >= 15 is 0 Å². The average Bonchev–Trinajstić information content (AvgIpc) is 2.63. The van der Waals surface area contributed by atoms with E-state index < -0.39 is 0 Å². The first-order chi connectivity index (χ1) is 11.7. The maximum atomic E-state index is 12.4. The van der Waals surface area contributed by atoms with Crippen LogP contribution < -0.4 is 15.0 Å². The van der Waals surface area contributed by atoms with Crippen molar-refractivity contribution >= 4 is 28.9 Å². The number of nitrogens with one attached hydrogen (secondary N) is 1. The highest BCUT2D eigenvalue weighted by Crippen LogP contribution is 2.27. The third-order valence-electron chi connectivity index (χ3n) is 4.26. The highest BCUT2D eigenvalue weighted by Gasteiger charge is 2.12. The molecule has 1 fully saturated rings. The fraction of sp³-hybridized carbons (Fsp3) is 0.316. The van der Waals surface area contributed by atoms with E-state index in [1.54, 1.807) is 25.3 Å². The average molecular weight is 345 g/mol. The molecule has 3 rings (SSSR count). The molecular formula is C19H21ClN2O2. The van der Waals surface area contributed by atoms with Crippen LogP contribution >= 0.6 is 11.6 Å². The van der Waals surface area contributed by atoms with Crippen molar-refractivity contribution in [1.82, 2.24) is 0 Å². The van der Waals surface area contributed by atoms with E-state index in [0.717, 1.165) is 13.1 Å². The van der Waals surface area contributed by atoms with Crippen LogP contribution in [0, 0.1) is 0 Å². The van der Waals surface area contributed by atoms with Crippen LogP contribution in [0.15, 0.2) is 42.5 Å². The van der Waals surface area contributed by atoms with Gasteiger partial charge in [0.05, 0.1) is 12.1 Å². The number of nitrogens with zero attached hydrogens (tertiary/aromatic N) is 1. The van der Waals surface area contributed by atoms with Crippen LogP contribution in [0.5, 0.6) is 5.75 Å². The minimum Gasteiger partial charge on any atom is -0.495 e. The van der Waals surface area contributed by atoms with Gasteiger partial charge in [-0.15, -0.1) is 0 Å². The Morgan fingerprint density at radius 1 is 1.08 bits per heavy atom. The second kappa shape index (κ2) is 7.58. The number of hydrogen-bond acceptors (Lipinski definition) is 3. The van der Waals surface area contributed by atoms with Gasteiger partial charge in [-0.1, -0.05) is 11.6 Å². The number of methoxy groups -OCH3 is 1. The van der Waals surface area contributed by atoms with Gasteiger partial charge in [-0.3, -0.25) is 4.79 Å². The summed E-state index contributed by atoms with van der Waals surface area (Å²) in [5.41, 5.74) is 2.45. The number of hydrogen-bond donors (Lipinski definition) is 1.